The molecule has 0 saturated carbocycles. The highest BCUT2D eigenvalue weighted by atomic mass is 16.7. The molecule has 1 aliphatic carbocycles. The van der Waals surface area contributed by atoms with Gasteiger partial charge in [-0.25, -0.2) is 4.79 Å². The van der Waals surface area contributed by atoms with Gasteiger partial charge in [-0.2, -0.15) is 0 Å². The Balaban J connectivity index is 1.39. The number of esters is 2. The predicted molar refractivity (Wildman–Crippen MR) is 125 cm³/mol. The van der Waals surface area contributed by atoms with Crippen molar-refractivity contribution < 1.29 is 33.3 Å². The Morgan fingerprint density at radius 1 is 1.23 bits per heavy atom. The summed E-state index contributed by atoms with van der Waals surface area (Å²) in [6.07, 6.45) is 9.45. The third-order valence-corrected chi connectivity index (χ3v) is 8.16. The van der Waals surface area contributed by atoms with E-state index in [2.05, 4.69) is 23.1 Å². The number of methoxy groups -OCH3 is 1. The van der Waals surface area contributed by atoms with Crippen molar-refractivity contribution in [3.63, 3.8) is 0 Å². The number of carbonyl (C=O) groups is 2. The molecule has 0 aromatic heterocycles. The number of nitrogens with zero attached hydrogens (tertiary/aromatic N) is 1. The van der Waals surface area contributed by atoms with Gasteiger partial charge in [0.2, 0.25) is 12.4 Å². The molecule has 4 aliphatic heterocycles. The Bertz CT molecular complexity index is 1120. The summed E-state index contributed by atoms with van der Waals surface area (Å²) in [5, 5.41) is 0. The van der Waals surface area contributed by atoms with Crippen LogP contribution in [0.3, 0.4) is 0 Å². The number of allylic oxidation sites excluding steroid dienone is 1. The molecule has 186 valence electrons. The Labute approximate surface area is 204 Å². The molecule has 4 heterocycles. The van der Waals surface area contributed by atoms with Crippen LogP contribution in [-0.2, 0) is 30.2 Å². The van der Waals surface area contributed by atoms with Crippen LogP contribution in [0.1, 0.15) is 56.1 Å². The van der Waals surface area contributed by atoms with Gasteiger partial charge in [-0.3, -0.25) is 9.69 Å². The van der Waals surface area contributed by atoms with Gasteiger partial charge in [0.05, 0.1) is 25.0 Å². The Hall–Kier alpha value is -3.00. The molecular formula is C27H31NO7. The van der Waals surface area contributed by atoms with Crippen molar-refractivity contribution in [3.05, 3.63) is 47.2 Å². The van der Waals surface area contributed by atoms with Gasteiger partial charge < -0.3 is 23.7 Å². The molecule has 8 heteroatoms. The molecule has 0 bridgehead atoms. The second kappa shape index (κ2) is 8.29. The lowest BCUT2D eigenvalue weighted by atomic mass is 9.77. The van der Waals surface area contributed by atoms with E-state index in [1.54, 1.807) is 7.11 Å². The molecule has 8 nitrogen and oxygen atoms in total. The Morgan fingerprint density at radius 3 is 2.77 bits per heavy atom. The van der Waals surface area contributed by atoms with Crippen molar-refractivity contribution in [2.45, 2.75) is 68.6 Å². The van der Waals surface area contributed by atoms with Crippen LogP contribution in [-0.4, -0.2) is 61.1 Å². The third-order valence-electron chi connectivity index (χ3n) is 8.16. The lowest BCUT2D eigenvalue weighted by molar-refractivity contribution is -0.210. The maximum Gasteiger partial charge on any atom is 0.352 e. The van der Waals surface area contributed by atoms with E-state index >= 15 is 0 Å². The van der Waals surface area contributed by atoms with Crippen LogP contribution in [0.4, 0.5) is 0 Å². The maximum atomic E-state index is 13.6. The summed E-state index contributed by atoms with van der Waals surface area (Å²) in [6.45, 7) is 4.11. The summed E-state index contributed by atoms with van der Waals surface area (Å²) in [5.41, 5.74) is 0.705. The van der Waals surface area contributed by atoms with E-state index in [1.165, 1.54) is 5.56 Å². The molecule has 0 N–H and O–H groups in total. The first-order chi connectivity index (χ1) is 17.0. The van der Waals surface area contributed by atoms with Gasteiger partial charge in [-0.1, -0.05) is 19.1 Å². The summed E-state index contributed by atoms with van der Waals surface area (Å²) in [5.74, 6) is 1.07. The fourth-order valence-electron chi connectivity index (χ4n) is 6.51. The van der Waals surface area contributed by atoms with Gasteiger partial charge in [-0.15, -0.1) is 0 Å². The van der Waals surface area contributed by atoms with Crippen LogP contribution in [0.25, 0.3) is 0 Å². The predicted octanol–water partition coefficient (Wildman–Crippen LogP) is 3.39. The molecule has 0 unspecified atom stereocenters. The van der Waals surface area contributed by atoms with Crippen molar-refractivity contribution in [1.29, 1.82) is 0 Å². The van der Waals surface area contributed by atoms with Crippen LogP contribution in [0.15, 0.2) is 36.1 Å². The quantitative estimate of drug-likeness (QED) is 0.452. The molecule has 2 fully saturated rings. The molecular weight excluding hydrogens is 450 g/mol. The molecule has 0 radical (unpaired) electrons. The minimum absolute atomic E-state index is 0.0237. The number of hydrogen-bond donors (Lipinski definition) is 0. The first kappa shape index (κ1) is 22.5. The van der Waals surface area contributed by atoms with Crippen molar-refractivity contribution in [2.75, 3.05) is 27.0 Å². The average molecular weight is 482 g/mol. The van der Waals surface area contributed by atoms with E-state index in [-0.39, 0.29) is 30.6 Å². The van der Waals surface area contributed by atoms with Crippen LogP contribution >= 0.6 is 0 Å². The summed E-state index contributed by atoms with van der Waals surface area (Å²) >= 11 is 0. The number of ether oxygens (including phenoxy) is 5. The van der Waals surface area contributed by atoms with Crippen molar-refractivity contribution in [1.82, 2.24) is 4.90 Å². The van der Waals surface area contributed by atoms with Gasteiger partial charge in [-0.05, 0) is 61.6 Å². The zero-order chi connectivity index (χ0) is 24.2. The molecule has 6 rings (SSSR count). The fraction of sp³-hybridized carbons (Fsp3) is 0.556. The third kappa shape index (κ3) is 3.37. The van der Waals surface area contributed by atoms with Gasteiger partial charge in [0, 0.05) is 13.0 Å². The topological polar surface area (TPSA) is 83.5 Å². The normalized spacial score (nSPS) is 32.7. The lowest BCUT2D eigenvalue weighted by Gasteiger charge is -2.41. The first-order valence-electron chi connectivity index (χ1n) is 12.5. The Kier molecular flexibility index (Phi) is 5.32. The number of benzene rings is 1. The molecule has 4 atom stereocenters. The summed E-state index contributed by atoms with van der Waals surface area (Å²) in [7, 11) is 1.62. The monoisotopic (exact) mass is 481 g/mol. The van der Waals surface area contributed by atoms with Gasteiger partial charge in [0.1, 0.15) is 5.76 Å². The first-order valence-corrected chi connectivity index (χ1v) is 12.5. The van der Waals surface area contributed by atoms with E-state index in [0.29, 0.717) is 12.2 Å². The van der Waals surface area contributed by atoms with Gasteiger partial charge in [0.15, 0.2) is 17.6 Å². The molecule has 1 spiro atoms. The highest BCUT2D eigenvalue weighted by Gasteiger charge is 2.60. The zero-order valence-corrected chi connectivity index (χ0v) is 20.2. The minimum Gasteiger partial charge on any atom is -0.497 e. The number of rotatable bonds is 6. The van der Waals surface area contributed by atoms with Gasteiger partial charge >= 0.3 is 11.9 Å². The highest BCUT2D eigenvalue weighted by molar-refractivity contribution is 5.94. The molecule has 35 heavy (non-hydrogen) atoms. The van der Waals surface area contributed by atoms with E-state index in [4.69, 9.17) is 23.7 Å². The van der Waals surface area contributed by atoms with Crippen molar-refractivity contribution >= 4 is 11.9 Å². The SMILES string of the molecule is CC/C=C/C[C@]1(C(=O)O[C@@H]2C(OC)=C[C@]34CCCN3CCc3cc5c(cc3[C@H]24)OCO5)CC(=O)O1. The average Bonchev–Trinajstić information content (AvgIpc) is 3.51. The Morgan fingerprint density at radius 2 is 2.03 bits per heavy atom. The number of hydrogen-bond acceptors (Lipinski definition) is 8. The van der Waals surface area contributed by atoms with Crippen LogP contribution in [0, 0.1) is 0 Å². The van der Waals surface area contributed by atoms with Crippen molar-refractivity contribution in [2.24, 2.45) is 0 Å². The molecule has 5 aliphatic rings. The van der Waals surface area contributed by atoms with E-state index in [0.717, 1.165) is 55.8 Å². The smallest absolute Gasteiger partial charge is 0.352 e. The van der Waals surface area contributed by atoms with Crippen LogP contribution in [0.5, 0.6) is 11.5 Å². The fourth-order valence-corrected chi connectivity index (χ4v) is 6.51. The van der Waals surface area contributed by atoms with Crippen LogP contribution in [0.2, 0.25) is 0 Å². The summed E-state index contributed by atoms with van der Waals surface area (Å²) in [6, 6.07) is 4.13. The number of fused-ring (bicyclic) bond motifs is 3. The molecule has 1 aromatic carbocycles. The zero-order valence-electron chi connectivity index (χ0n) is 20.2. The standard InChI is InChI=1S/C27H31NO7/c1-3-4-5-9-27(15-22(29)35-27)25(30)34-24-21(31-2)14-26-8-6-10-28(26)11-7-17-12-19-20(33-16-32-19)13-18(17)23(24)26/h4-5,12-14,23-24H,3,6-11,15-16H2,1-2H3/b5-4+/t23-,24-,26+,27-/m1/s1. The molecule has 1 aromatic rings. The lowest BCUT2D eigenvalue weighted by Crippen LogP contribution is -2.56. The summed E-state index contributed by atoms with van der Waals surface area (Å²) in [4.78, 5) is 27.9. The highest BCUT2D eigenvalue weighted by Crippen LogP contribution is 2.56. The second-order valence-corrected chi connectivity index (χ2v) is 10.0. The van der Waals surface area contributed by atoms with Crippen molar-refractivity contribution in [3.8, 4) is 11.5 Å². The number of cyclic esters (lactones) is 1. The second-order valence-electron chi connectivity index (χ2n) is 10.0. The maximum absolute atomic E-state index is 13.6. The number of carbonyl (C=O) groups excluding carboxylic acids is 2. The van der Waals surface area contributed by atoms with Crippen LogP contribution < -0.4 is 9.47 Å². The van der Waals surface area contributed by atoms with Gasteiger partial charge in [0.25, 0.3) is 0 Å². The largest absolute Gasteiger partial charge is 0.497 e. The van der Waals surface area contributed by atoms with E-state index in [9.17, 15) is 9.59 Å². The van der Waals surface area contributed by atoms with E-state index < -0.39 is 17.7 Å². The molecule has 2 saturated heterocycles. The minimum atomic E-state index is -1.27. The summed E-state index contributed by atoms with van der Waals surface area (Å²) < 4.78 is 28.9. The molecule has 0 amide bonds. The van der Waals surface area contributed by atoms with E-state index in [1.807, 2.05) is 19.1 Å².